The molecule has 114 valence electrons. The van der Waals surface area contributed by atoms with Gasteiger partial charge in [-0.3, -0.25) is 9.59 Å². The maximum absolute atomic E-state index is 11.9. The number of rotatable bonds is 6. The number of carbonyl (C=O) groups excluding carboxylic acids is 1. The number of carboxylic acid groups (broad SMARTS) is 1. The Kier molecular flexibility index (Phi) is 5.86. The Hall–Kier alpha value is -2.41. The van der Waals surface area contributed by atoms with Crippen molar-refractivity contribution in [2.24, 2.45) is 0 Å². The van der Waals surface area contributed by atoms with E-state index in [0.29, 0.717) is 18.8 Å². The molecule has 0 fully saturated rings. The second kappa shape index (κ2) is 7.39. The molecule has 0 saturated heterocycles. The van der Waals surface area contributed by atoms with Gasteiger partial charge in [0.1, 0.15) is 0 Å². The molecule has 0 spiro atoms. The van der Waals surface area contributed by atoms with Gasteiger partial charge < -0.3 is 19.7 Å². The third-order valence-electron chi connectivity index (χ3n) is 3.00. The first-order chi connectivity index (χ1) is 9.86. The fourth-order valence-electron chi connectivity index (χ4n) is 1.53. The molecule has 1 aromatic rings. The van der Waals surface area contributed by atoms with E-state index in [-0.39, 0.29) is 16.7 Å². The number of hydrogen-bond donors (Lipinski definition) is 2. The van der Waals surface area contributed by atoms with Gasteiger partial charge in [-0.1, -0.05) is 0 Å². The largest absolute Gasteiger partial charge is 0.478 e. The smallest absolute Gasteiger partial charge is 0.331 e. The number of carbonyl (C=O) groups is 2. The van der Waals surface area contributed by atoms with Crippen molar-refractivity contribution in [1.29, 1.82) is 0 Å². The fraction of sp³-hybridized carbons (Fsp3) is 0.357. The second-order valence-corrected chi connectivity index (χ2v) is 4.45. The van der Waals surface area contributed by atoms with Gasteiger partial charge in [-0.05, 0) is 19.9 Å². The summed E-state index contributed by atoms with van der Waals surface area (Å²) in [4.78, 5) is 34.3. The predicted octanol–water partition coefficient (Wildman–Crippen LogP) is 0.854. The van der Waals surface area contributed by atoms with Gasteiger partial charge in [0.25, 0.3) is 11.5 Å². The lowest BCUT2D eigenvalue weighted by atomic mass is 10.1. The number of aromatic nitrogens is 1. The molecular formula is C14H18N2O5. The van der Waals surface area contributed by atoms with Gasteiger partial charge in [-0.15, -0.1) is 0 Å². The number of pyridine rings is 1. The van der Waals surface area contributed by atoms with E-state index < -0.39 is 11.9 Å². The molecule has 0 unspecified atom stereocenters. The maximum Gasteiger partial charge on any atom is 0.331 e. The quantitative estimate of drug-likeness (QED) is 0.758. The van der Waals surface area contributed by atoms with Crippen LogP contribution in [-0.4, -0.2) is 35.3 Å². The summed E-state index contributed by atoms with van der Waals surface area (Å²) in [5.41, 5.74) is 0.282. The minimum atomic E-state index is -1.15. The zero-order chi connectivity index (χ0) is 16.0. The maximum atomic E-state index is 11.9. The van der Waals surface area contributed by atoms with Gasteiger partial charge in [0.2, 0.25) is 0 Å². The number of amides is 1. The Morgan fingerprint density at radius 3 is 2.52 bits per heavy atom. The average Bonchev–Trinajstić information content (AvgIpc) is 2.45. The van der Waals surface area contributed by atoms with E-state index in [0.717, 1.165) is 0 Å². The molecule has 1 rings (SSSR count). The summed E-state index contributed by atoms with van der Waals surface area (Å²) in [5.74, 6) is -1.67. The minimum absolute atomic E-state index is 0.0276. The number of aliphatic carboxylic acids is 1. The van der Waals surface area contributed by atoms with Gasteiger partial charge in [-0.25, -0.2) is 4.79 Å². The van der Waals surface area contributed by atoms with Crippen LogP contribution in [0.2, 0.25) is 0 Å². The Balaban J connectivity index is 2.93. The number of ether oxygens (including phenoxy) is 1. The van der Waals surface area contributed by atoms with Crippen molar-refractivity contribution in [3.63, 3.8) is 0 Å². The summed E-state index contributed by atoms with van der Waals surface area (Å²) in [6, 6.07) is 2.79. The van der Waals surface area contributed by atoms with Crippen LogP contribution in [0.4, 0.5) is 5.69 Å². The summed E-state index contributed by atoms with van der Waals surface area (Å²) in [6.07, 6.45) is 1.49. The standard InChI is InChI=1S/C14H18N2O5/c1-9(10(2)14(19)20)13(18)15-11-4-5-12(17)16(8-11)6-7-21-3/h4-5,8H,6-7H2,1-3H3,(H,15,18)(H,19,20). The lowest BCUT2D eigenvalue weighted by molar-refractivity contribution is -0.133. The van der Waals surface area contributed by atoms with Crippen LogP contribution < -0.4 is 10.9 Å². The van der Waals surface area contributed by atoms with Crippen LogP contribution in [0.1, 0.15) is 13.8 Å². The zero-order valence-electron chi connectivity index (χ0n) is 12.2. The van der Waals surface area contributed by atoms with Crippen LogP contribution in [0.15, 0.2) is 34.3 Å². The van der Waals surface area contributed by atoms with E-state index >= 15 is 0 Å². The molecule has 1 amide bonds. The first-order valence-electron chi connectivity index (χ1n) is 6.28. The Bertz CT molecular complexity index is 630. The molecule has 0 aliphatic rings. The third-order valence-corrected chi connectivity index (χ3v) is 3.00. The molecule has 0 bridgehead atoms. The Morgan fingerprint density at radius 1 is 1.29 bits per heavy atom. The fourth-order valence-corrected chi connectivity index (χ4v) is 1.53. The Morgan fingerprint density at radius 2 is 1.95 bits per heavy atom. The highest BCUT2D eigenvalue weighted by Crippen LogP contribution is 2.09. The van der Waals surface area contributed by atoms with E-state index in [1.807, 2.05) is 0 Å². The number of nitrogens with zero attached hydrogens (tertiary/aromatic N) is 1. The van der Waals surface area contributed by atoms with Crippen molar-refractivity contribution >= 4 is 17.6 Å². The van der Waals surface area contributed by atoms with E-state index in [9.17, 15) is 14.4 Å². The molecule has 0 aliphatic heterocycles. The van der Waals surface area contributed by atoms with Crippen molar-refractivity contribution in [2.45, 2.75) is 20.4 Å². The highest BCUT2D eigenvalue weighted by Gasteiger charge is 2.13. The van der Waals surface area contributed by atoms with Crippen LogP contribution in [0.3, 0.4) is 0 Å². The molecular weight excluding hydrogens is 276 g/mol. The van der Waals surface area contributed by atoms with Crippen LogP contribution in [0.25, 0.3) is 0 Å². The monoisotopic (exact) mass is 294 g/mol. The normalized spacial score (nSPS) is 11.8. The molecule has 0 aliphatic carbocycles. The summed E-state index contributed by atoms with van der Waals surface area (Å²) < 4.78 is 6.30. The molecule has 0 atom stereocenters. The van der Waals surface area contributed by atoms with Gasteiger partial charge >= 0.3 is 5.97 Å². The molecule has 0 radical (unpaired) electrons. The van der Waals surface area contributed by atoms with Crippen molar-refractivity contribution in [2.75, 3.05) is 19.0 Å². The zero-order valence-corrected chi connectivity index (χ0v) is 12.2. The number of hydrogen-bond acceptors (Lipinski definition) is 4. The first kappa shape index (κ1) is 16.6. The van der Waals surface area contributed by atoms with Crippen molar-refractivity contribution in [3.8, 4) is 0 Å². The van der Waals surface area contributed by atoms with E-state index in [1.54, 1.807) is 0 Å². The first-order valence-corrected chi connectivity index (χ1v) is 6.28. The van der Waals surface area contributed by atoms with E-state index in [4.69, 9.17) is 9.84 Å². The molecule has 2 N–H and O–H groups in total. The summed E-state index contributed by atoms with van der Waals surface area (Å²) in [5, 5.41) is 11.4. The van der Waals surface area contributed by atoms with Crippen molar-refractivity contribution in [1.82, 2.24) is 4.57 Å². The van der Waals surface area contributed by atoms with Crippen molar-refractivity contribution < 1.29 is 19.4 Å². The highest BCUT2D eigenvalue weighted by atomic mass is 16.5. The summed E-state index contributed by atoms with van der Waals surface area (Å²) in [6.45, 7) is 3.52. The summed E-state index contributed by atoms with van der Waals surface area (Å²) >= 11 is 0. The van der Waals surface area contributed by atoms with Crippen LogP contribution in [0.5, 0.6) is 0 Å². The number of carboxylic acids is 1. The lowest BCUT2D eigenvalue weighted by Crippen LogP contribution is -2.23. The highest BCUT2D eigenvalue weighted by molar-refractivity contribution is 6.07. The van der Waals surface area contributed by atoms with Crippen LogP contribution in [0, 0.1) is 0 Å². The predicted molar refractivity (Wildman–Crippen MR) is 77.2 cm³/mol. The third kappa shape index (κ3) is 4.57. The van der Waals surface area contributed by atoms with Gasteiger partial charge in [0.15, 0.2) is 0 Å². The molecule has 1 aromatic heterocycles. The number of anilines is 1. The average molecular weight is 294 g/mol. The molecule has 7 heteroatoms. The van der Waals surface area contributed by atoms with Crippen molar-refractivity contribution in [3.05, 3.63) is 39.8 Å². The molecule has 1 heterocycles. The molecule has 0 saturated carbocycles. The molecule has 7 nitrogen and oxygen atoms in total. The minimum Gasteiger partial charge on any atom is -0.478 e. The Labute approximate surface area is 121 Å². The van der Waals surface area contributed by atoms with Crippen LogP contribution >= 0.6 is 0 Å². The van der Waals surface area contributed by atoms with Gasteiger partial charge in [-0.2, -0.15) is 0 Å². The SMILES string of the molecule is COCCn1cc(NC(=O)C(C)=C(C)C(=O)O)ccc1=O. The van der Waals surface area contributed by atoms with Crippen LogP contribution in [-0.2, 0) is 20.9 Å². The van der Waals surface area contributed by atoms with E-state index in [2.05, 4.69) is 5.32 Å². The van der Waals surface area contributed by atoms with Gasteiger partial charge in [0, 0.05) is 37.1 Å². The summed E-state index contributed by atoms with van der Waals surface area (Å²) in [7, 11) is 1.53. The number of nitrogens with one attached hydrogen (secondary N) is 1. The lowest BCUT2D eigenvalue weighted by Gasteiger charge is -2.10. The topological polar surface area (TPSA) is 97.6 Å². The van der Waals surface area contributed by atoms with E-state index in [1.165, 1.54) is 43.9 Å². The van der Waals surface area contributed by atoms with Gasteiger partial charge in [0.05, 0.1) is 12.3 Å². The molecule has 0 aromatic carbocycles. The molecule has 21 heavy (non-hydrogen) atoms. The number of methoxy groups -OCH3 is 1. The second-order valence-electron chi connectivity index (χ2n) is 4.45.